The molecule has 2 aliphatic heterocycles. The molecule has 4 rings (SSSR count). The zero-order valence-corrected chi connectivity index (χ0v) is 19.4. The van der Waals surface area contributed by atoms with Gasteiger partial charge in [-0.25, -0.2) is 9.78 Å². The average molecular weight is 438 g/mol. The molecule has 170 valence electrons. The van der Waals surface area contributed by atoms with E-state index in [1.54, 1.807) is 11.1 Å². The van der Waals surface area contributed by atoms with Crippen LogP contribution in [0.2, 0.25) is 0 Å². The first-order valence-electron chi connectivity index (χ1n) is 11.0. The van der Waals surface area contributed by atoms with Gasteiger partial charge in [0.2, 0.25) is 0 Å². The molecule has 1 aromatic carbocycles. The van der Waals surface area contributed by atoms with E-state index in [0.717, 1.165) is 29.9 Å². The first-order valence-corrected chi connectivity index (χ1v) is 11.0. The number of aromatic nitrogens is 2. The zero-order chi connectivity index (χ0) is 23.0. The van der Waals surface area contributed by atoms with E-state index in [2.05, 4.69) is 26.3 Å². The summed E-state index contributed by atoms with van der Waals surface area (Å²) in [6, 6.07) is 5.92. The normalized spacial score (nSPS) is 20.3. The Morgan fingerprint density at radius 2 is 1.62 bits per heavy atom. The molecule has 0 saturated carbocycles. The van der Waals surface area contributed by atoms with Crippen molar-refractivity contribution in [1.82, 2.24) is 14.9 Å². The fourth-order valence-electron chi connectivity index (χ4n) is 4.52. The molecule has 3 heterocycles. The fraction of sp³-hybridized carbons (Fsp3) is 0.500. The molecule has 2 aliphatic rings. The van der Waals surface area contributed by atoms with Crippen molar-refractivity contribution in [3.8, 4) is 0 Å². The molecule has 2 saturated heterocycles. The monoisotopic (exact) mass is 437 g/mol. The largest absolute Gasteiger partial charge is 0.444 e. The number of benzene rings is 1. The van der Waals surface area contributed by atoms with Gasteiger partial charge in [-0.2, -0.15) is 0 Å². The van der Waals surface area contributed by atoms with Gasteiger partial charge >= 0.3 is 6.09 Å². The number of likely N-dealkylation sites (tertiary alicyclic amines) is 1. The van der Waals surface area contributed by atoms with Crippen molar-refractivity contribution < 1.29 is 14.3 Å². The van der Waals surface area contributed by atoms with Crippen LogP contribution in [0, 0.1) is 25.7 Å². The number of amides is 2. The molecule has 1 aromatic heterocycles. The molecule has 1 N–H and O–H groups in total. The second kappa shape index (κ2) is 8.41. The van der Waals surface area contributed by atoms with Crippen LogP contribution in [0.3, 0.4) is 0 Å². The van der Waals surface area contributed by atoms with E-state index < -0.39 is 5.60 Å². The van der Waals surface area contributed by atoms with E-state index in [0.29, 0.717) is 30.7 Å². The van der Waals surface area contributed by atoms with Gasteiger partial charge in [0.15, 0.2) is 0 Å². The van der Waals surface area contributed by atoms with Crippen LogP contribution in [-0.2, 0) is 4.74 Å². The van der Waals surface area contributed by atoms with Crippen LogP contribution in [-0.4, -0.2) is 58.6 Å². The molecule has 2 aromatic rings. The lowest BCUT2D eigenvalue weighted by molar-refractivity contribution is 0.0282. The van der Waals surface area contributed by atoms with Crippen LogP contribution >= 0.6 is 0 Å². The quantitative estimate of drug-likeness (QED) is 0.789. The number of anilines is 2. The molecule has 8 nitrogen and oxygen atoms in total. The number of nitrogens with zero attached hydrogens (tertiary/aromatic N) is 4. The van der Waals surface area contributed by atoms with Crippen molar-refractivity contribution >= 4 is 23.5 Å². The molecule has 0 aliphatic carbocycles. The Morgan fingerprint density at radius 1 is 1.00 bits per heavy atom. The number of hydrogen-bond donors (Lipinski definition) is 1. The van der Waals surface area contributed by atoms with E-state index in [9.17, 15) is 9.59 Å². The number of fused-ring (bicyclic) bond motifs is 1. The first-order chi connectivity index (χ1) is 15.1. The Balaban J connectivity index is 1.39. The van der Waals surface area contributed by atoms with Crippen molar-refractivity contribution in [1.29, 1.82) is 0 Å². The summed E-state index contributed by atoms with van der Waals surface area (Å²) in [4.78, 5) is 37.9. The summed E-state index contributed by atoms with van der Waals surface area (Å²) in [6.07, 6.45) is 2.94. The number of rotatable bonds is 3. The highest BCUT2D eigenvalue weighted by molar-refractivity contribution is 6.03. The minimum Gasteiger partial charge on any atom is -0.444 e. The highest BCUT2D eigenvalue weighted by Crippen LogP contribution is 2.33. The molecular weight excluding hydrogens is 406 g/mol. The number of nitrogens with one attached hydrogen (secondary N) is 1. The maximum atomic E-state index is 12.7. The van der Waals surface area contributed by atoms with E-state index in [4.69, 9.17) is 4.74 Å². The molecular formula is C24H31N5O3. The van der Waals surface area contributed by atoms with Gasteiger partial charge in [-0.15, -0.1) is 0 Å². The Kier molecular flexibility index (Phi) is 5.79. The number of hydrogen-bond acceptors (Lipinski definition) is 6. The van der Waals surface area contributed by atoms with Gasteiger partial charge in [0, 0.05) is 43.7 Å². The number of aryl methyl sites for hydroxylation is 2. The lowest BCUT2D eigenvalue weighted by atomic mass is 10.0. The third kappa shape index (κ3) is 5.00. The minimum atomic E-state index is -0.492. The van der Waals surface area contributed by atoms with E-state index in [-0.39, 0.29) is 17.7 Å². The Morgan fingerprint density at radius 3 is 2.22 bits per heavy atom. The van der Waals surface area contributed by atoms with E-state index >= 15 is 0 Å². The molecule has 0 spiro atoms. The number of carbonyl (C=O) groups excluding carboxylic acids is 2. The maximum Gasteiger partial charge on any atom is 0.410 e. The smallest absolute Gasteiger partial charge is 0.410 e. The average Bonchev–Trinajstić information content (AvgIpc) is 3.25. The lowest BCUT2D eigenvalue weighted by Gasteiger charge is -2.26. The van der Waals surface area contributed by atoms with Crippen LogP contribution in [0.15, 0.2) is 30.6 Å². The van der Waals surface area contributed by atoms with Gasteiger partial charge in [0.25, 0.3) is 5.91 Å². The van der Waals surface area contributed by atoms with Crippen LogP contribution in [0.5, 0.6) is 0 Å². The fourth-order valence-corrected chi connectivity index (χ4v) is 4.52. The Labute approximate surface area is 189 Å². The summed E-state index contributed by atoms with van der Waals surface area (Å²) >= 11 is 0. The molecule has 2 fully saturated rings. The van der Waals surface area contributed by atoms with Crippen LogP contribution in [0.25, 0.3) is 0 Å². The third-order valence-electron chi connectivity index (χ3n) is 5.80. The van der Waals surface area contributed by atoms with Gasteiger partial charge < -0.3 is 19.9 Å². The first kappa shape index (κ1) is 22.0. The van der Waals surface area contributed by atoms with Gasteiger partial charge in [-0.1, -0.05) is 6.07 Å². The standard InChI is InChI=1S/C24H31N5O3/c1-15-6-16(2)8-19(7-15)26-22(30)20-9-25-10-21(27-20)28-11-17-13-29(14-18(17)12-28)23(31)32-24(3,4)5/h6-10,17-18H,11-14H2,1-5H3,(H,26,30)/t17-,18+. The topological polar surface area (TPSA) is 87.7 Å². The maximum absolute atomic E-state index is 12.7. The second-order valence-corrected chi connectivity index (χ2v) is 9.90. The predicted octanol–water partition coefficient (Wildman–Crippen LogP) is 3.65. The number of ether oxygens (including phenoxy) is 1. The summed E-state index contributed by atoms with van der Waals surface area (Å²) in [5, 5.41) is 2.92. The van der Waals surface area contributed by atoms with Crippen LogP contribution in [0.4, 0.5) is 16.3 Å². The van der Waals surface area contributed by atoms with Gasteiger partial charge in [-0.3, -0.25) is 9.78 Å². The summed E-state index contributed by atoms with van der Waals surface area (Å²) in [5.74, 6) is 1.13. The van der Waals surface area contributed by atoms with Crippen molar-refractivity contribution in [3.05, 3.63) is 47.4 Å². The molecule has 0 radical (unpaired) electrons. The van der Waals surface area contributed by atoms with Crippen molar-refractivity contribution in [2.75, 3.05) is 36.4 Å². The van der Waals surface area contributed by atoms with Crippen molar-refractivity contribution in [2.24, 2.45) is 11.8 Å². The highest BCUT2D eigenvalue weighted by atomic mass is 16.6. The van der Waals surface area contributed by atoms with Crippen molar-refractivity contribution in [3.63, 3.8) is 0 Å². The lowest BCUT2D eigenvalue weighted by Crippen LogP contribution is -2.37. The third-order valence-corrected chi connectivity index (χ3v) is 5.80. The van der Waals surface area contributed by atoms with Gasteiger partial charge in [-0.05, 0) is 57.9 Å². The van der Waals surface area contributed by atoms with Crippen molar-refractivity contribution in [2.45, 2.75) is 40.2 Å². The highest BCUT2D eigenvalue weighted by Gasteiger charge is 2.43. The minimum absolute atomic E-state index is 0.247. The second-order valence-electron chi connectivity index (χ2n) is 9.90. The van der Waals surface area contributed by atoms with Gasteiger partial charge in [0.05, 0.1) is 12.4 Å². The van der Waals surface area contributed by atoms with Crippen LogP contribution < -0.4 is 10.2 Å². The van der Waals surface area contributed by atoms with E-state index in [1.165, 1.54) is 6.20 Å². The van der Waals surface area contributed by atoms with Crippen LogP contribution in [0.1, 0.15) is 42.4 Å². The van der Waals surface area contributed by atoms with Gasteiger partial charge in [0.1, 0.15) is 17.1 Å². The SMILES string of the molecule is Cc1cc(C)cc(NC(=O)c2cncc(N3C[C@H]4CN(C(=O)OC(C)(C)C)C[C@H]4C3)n2)c1. The van der Waals surface area contributed by atoms with E-state index in [1.807, 2.05) is 46.8 Å². The molecule has 2 atom stereocenters. The summed E-state index contributed by atoms with van der Waals surface area (Å²) in [5.41, 5.74) is 2.72. The molecule has 8 heteroatoms. The molecule has 0 unspecified atom stereocenters. The molecule has 32 heavy (non-hydrogen) atoms. The molecule has 2 amide bonds. The summed E-state index contributed by atoms with van der Waals surface area (Å²) < 4.78 is 5.51. The summed E-state index contributed by atoms with van der Waals surface area (Å²) in [7, 11) is 0. The molecule has 0 bridgehead atoms. The Hall–Kier alpha value is -3.16. The Bertz CT molecular complexity index is 998. The predicted molar refractivity (Wildman–Crippen MR) is 123 cm³/mol. The zero-order valence-electron chi connectivity index (χ0n) is 19.4. The number of carbonyl (C=O) groups is 2. The summed E-state index contributed by atoms with van der Waals surface area (Å²) in [6.45, 7) is 12.5.